The number of piperidine rings is 1. The highest BCUT2D eigenvalue weighted by Crippen LogP contribution is 2.36. The molecule has 5 heterocycles. The number of carbonyl (C=O) groups is 1. The van der Waals surface area contributed by atoms with Gasteiger partial charge in [0.25, 0.3) is 0 Å². The van der Waals surface area contributed by atoms with Crippen LogP contribution in [0, 0.1) is 11.3 Å². The maximum Gasteiger partial charge on any atom is 0.217 e. The number of hydrogen-bond donors (Lipinski definition) is 3. The van der Waals surface area contributed by atoms with Gasteiger partial charge >= 0.3 is 0 Å². The van der Waals surface area contributed by atoms with Gasteiger partial charge in [0, 0.05) is 37.9 Å². The Morgan fingerprint density at radius 2 is 2.11 bits per heavy atom. The molecule has 37 heavy (non-hydrogen) atoms. The summed E-state index contributed by atoms with van der Waals surface area (Å²) in [5.41, 5.74) is 4.56. The van der Waals surface area contributed by atoms with E-state index in [1.54, 1.807) is 16.8 Å². The second-order valence-electron chi connectivity index (χ2n) is 9.32. The normalized spacial score (nSPS) is 17.7. The molecule has 3 N–H and O–H groups in total. The average Bonchev–Trinajstić information content (AvgIpc) is 3.52. The van der Waals surface area contributed by atoms with Crippen molar-refractivity contribution in [2.45, 2.75) is 45.4 Å². The second kappa shape index (κ2) is 10.1. The molecule has 0 aliphatic carbocycles. The van der Waals surface area contributed by atoms with Crippen LogP contribution in [0.1, 0.15) is 32.8 Å². The number of pyridine rings is 1. The summed E-state index contributed by atoms with van der Waals surface area (Å²) < 4.78 is 1.76. The molecule has 4 aromatic rings. The van der Waals surface area contributed by atoms with Gasteiger partial charge in [0.2, 0.25) is 11.0 Å². The van der Waals surface area contributed by atoms with E-state index in [0.717, 1.165) is 28.2 Å². The summed E-state index contributed by atoms with van der Waals surface area (Å²) in [6.45, 7) is 6.61. The van der Waals surface area contributed by atoms with Gasteiger partial charge in [0.15, 0.2) is 5.01 Å². The maximum absolute atomic E-state index is 11.4. The SMILES string of the molecule is CC(=O)N[C@@H]1CCN(c2nnc(-c3cnc(-c4ccc5cc(C#N)cnn45)cc3NC(C)C)s2)C[C@H]1O. The van der Waals surface area contributed by atoms with E-state index in [0.29, 0.717) is 35.2 Å². The van der Waals surface area contributed by atoms with Gasteiger partial charge in [-0.05, 0) is 44.5 Å². The molecule has 12 heteroatoms. The van der Waals surface area contributed by atoms with Crippen molar-refractivity contribution >= 4 is 33.6 Å². The summed E-state index contributed by atoms with van der Waals surface area (Å²) >= 11 is 1.44. The van der Waals surface area contributed by atoms with Crippen LogP contribution >= 0.6 is 11.3 Å². The molecule has 1 amide bonds. The molecule has 0 bridgehead atoms. The number of amides is 1. The highest BCUT2D eigenvalue weighted by atomic mass is 32.1. The zero-order chi connectivity index (χ0) is 26.1. The van der Waals surface area contributed by atoms with Crippen LogP contribution in [0.25, 0.3) is 27.5 Å². The molecule has 0 unspecified atom stereocenters. The molecular weight excluding hydrogens is 490 g/mol. The van der Waals surface area contributed by atoms with Crippen LogP contribution in [0.2, 0.25) is 0 Å². The Balaban J connectivity index is 1.43. The number of nitrogens with one attached hydrogen (secondary N) is 2. The molecule has 5 rings (SSSR count). The zero-order valence-electron chi connectivity index (χ0n) is 20.7. The highest BCUT2D eigenvalue weighted by Gasteiger charge is 2.30. The first-order valence-corrected chi connectivity index (χ1v) is 12.8. The first-order chi connectivity index (χ1) is 17.8. The van der Waals surface area contributed by atoms with Crippen molar-refractivity contribution in [2.75, 3.05) is 23.3 Å². The van der Waals surface area contributed by atoms with E-state index in [1.807, 2.05) is 23.1 Å². The molecule has 1 aliphatic rings. The Morgan fingerprint density at radius 1 is 1.27 bits per heavy atom. The lowest BCUT2D eigenvalue weighted by atomic mass is 10.0. The molecule has 0 radical (unpaired) electrons. The molecular formula is C25H27N9O2S. The van der Waals surface area contributed by atoms with Crippen LogP contribution in [0.15, 0.2) is 36.7 Å². The molecule has 11 nitrogen and oxygen atoms in total. The standard InChI is InChI=1S/C25H27N9O2S/c1-14(2)29-20-9-21(22-5-4-17-8-16(10-26)11-28-34(17)22)27-12-18(20)24-31-32-25(37-24)33-7-6-19(23(36)13-33)30-15(3)35/h4-5,8-9,11-12,14,19,23,36H,6-7,13H2,1-3H3,(H,27,29)(H,30,35)/t19-,23-/m1/s1. The molecule has 1 saturated heterocycles. The summed E-state index contributed by atoms with van der Waals surface area (Å²) in [6, 6.07) is 9.63. The Bertz CT molecular complexity index is 1490. The lowest BCUT2D eigenvalue weighted by Crippen LogP contribution is -2.53. The van der Waals surface area contributed by atoms with Gasteiger partial charge in [-0.25, -0.2) is 4.52 Å². The second-order valence-corrected chi connectivity index (χ2v) is 10.3. The Labute approximate surface area is 217 Å². The number of hydrogen-bond acceptors (Lipinski definition) is 10. The molecule has 0 saturated carbocycles. The minimum Gasteiger partial charge on any atom is -0.389 e. The van der Waals surface area contributed by atoms with Crippen LogP contribution in [-0.2, 0) is 4.79 Å². The molecule has 1 fully saturated rings. The largest absolute Gasteiger partial charge is 0.389 e. The first-order valence-electron chi connectivity index (χ1n) is 12.0. The van der Waals surface area contributed by atoms with E-state index in [1.165, 1.54) is 24.5 Å². The monoisotopic (exact) mass is 517 g/mol. The van der Waals surface area contributed by atoms with Crippen molar-refractivity contribution in [2.24, 2.45) is 0 Å². The summed E-state index contributed by atoms with van der Waals surface area (Å²) in [7, 11) is 0. The van der Waals surface area contributed by atoms with Gasteiger partial charge in [0.05, 0.1) is 46.4 Å². The van der Waals surface area contributed by atoms with E-state index in [9.17, 15) is 9.90 Å². The number of rotatable bonds is 6. The number of aromatic nitrogens is 5. The molecule has 1 aliphatic heterocycles. The number of β-amino-alcohol motifs (C(OH)–C–C–N with tert-alkyl or cyclic N) is 1. The first kappa shape index (κ1) is 24.6. The smallest absolute Gasteiger partial charge is 0.217 e. The molecule has 190 valence electrons. The van der Waals surface area contributed by atoms with Crippen molar-refractivity contribution in [3.8, 4) is 28.0 Å². The third-order valence-corrected chi connectivity index (χ3v) is 7.14. The predicted octanol–water partition coefficient (Wildman–Crippen LogP) is 2.68. The third kappa shape index (κ3) is 5.09. The summed E-state index contributed by atoms with van der Waals surface area (Å²) in [6.07, 6.45) is 3.27. The maximum atomic E-state index is 11.4. The Morgan fingerprint density at radius 3 is 2.84 bits per heavy atom. The summed E-state index contributed by atoms with van der Waals surface area (Å²) in [5, 5.41) is 40.6. The van der Waals surface area contributed by atoms with E-state index in [4.69, 9.17) is 10.2 Å². The zero-order valence-corrected chi connectivity index (χ0v) is 21.5. The quantitative estimate of drug-likeness (QED) is 0.351. The predicted molar refractivity (Wildman–Crippen MR) is 141 cm³/mol. The fourth-order valence-electron chi connectivity index (χ4n) is 4.44. The summed E-state index contributed by atoms with van der Waals surface area (Å²) in [5.74, 6) is -0.146. The number of nitriles is 1. The van der Waals surface area contributed by atoms with E-state index in [-0.39, 0.29) is 18.0 Å². The lowest BCUT2D eigenvalue weighted by Gasteiger charge is -2.35. The molecule has 4 aromatic heterocycles. The molecule has 0 spiro atoms. The van der Waals surface area contributed by atoms with Gasteiger partial charge in [-0.1, -0.05) is 11.3 Å². The van der Waals surface area contributed by atoms with E-state index in [2.05, 4.69) is 45.8 Å². The number of aliphatic hydroxyl groups is 1. The number of anilines is 2. The molecule has 2 atom stereocenters. The van der Waals surface area contributed by atoms with Crippen LogP contribution in [0.5, 0.6) is 0 Å². The van der Waals surface area contributed by atoms with Crippen LogP contribution in [0.3, 0.4) is 0 Å². The number of nitrogens with zero attached hydrogens (tertiary/aromatic N) is 7. The fraction of sp³-hybridized carbons (Fsp3) is 0.360. The Kier molecular flexibility index (Phi) is 6.73. The highest BCUT2D eigenvalue weighted by molar-refractivity contribution is 7.18. The molecule has 0 aromatic carbocycles. The average molecular weight is 518 g/mol. The van der Waals surface area contributed by atoms with Crippen LogP contribution in [0.4, 0.5) is 10.8 Å². The lowest BCUT2D eigenvalue weighted by molar-refractivity contribution is -0.120. The number of aliphatic hydroxyl groups excluding tert-OH is 1. The van der Waals surface area contributed by atoms with E-state index >= 15 is 0 Å². The van der Waals surface area contributed by atoms with Gasteiger partial charge in [0.1, 0.15) is 6.07 Å². The fourth-order valence-corrected chi connectivity index (χ4v) is 5.34. The van der Waals surface area contributed by atoms with Gasteiger partial charge in [-0.3, -0.25) is 9.78 Å². The van der Waals surface area contributed by atoms with Gasteiger partial charge in [-0.2, -0.15) is 10.4 Å². The van der Waals surface area contributed by atoms with Crippen molar-refractivity contribution in [3.63, 3.8) is 0 Å². The van der Waals surface area contributed by atoms with Gasteiger partial charge in [-0.15, -0.1) is 10.2 Å². The topological polar surface area (TPSA) is 144 Å². The van der Waals surface area contributed by atoms with Crippen molar-refractivity contribution < 1.29 is 9.90 Å². The van der Waals surface area contributed by atoms with Crippen LogP contribution < -0.4 is 15.5 Å². The van der Waals surface area contributed by atoms with Crippen LogP contribution in [-0.4, -0.2) is 67.1 Å². The Hall–Kier alpha value is -4.08. The minimum absolute atomic E-state index is 0.146. The van der Waals surface area contributed by atoms with Crippen molar-refractivity contribution in [3.05, 3.63) is 42.2 Å². The van der Waals surface area contributed by atoms with Gasteiger partial charge < -0.3 is 20.6 Å². The number of fused-ring (bicyclic) bond motifs is 1. The number of carbonyl (C=O) groups excluding carboxylic acids is 1. The minimum atomic E-state index is -0.682. The third-order valence-electron chi connectivity index (χ3n) is 6.13. The van der Waals surface area contributed by atoms with E-state index < -0.39 is 6.10 Å². The van der Waals surface area contributed by atoms with Crippen molar-refractivity contribution in [1.82, 2.24) is 30.1 Å². The summed E-state index contributed by atoms with van der Waals surface area (Å²) in [4.78, 5) is 18.1. The van der Waals surface area contributed by atoms with Crippen molar-refractivity contribution in [1.29, 1.82) is 5.26 Å².